The molecule has 0 atom stereocenters. The molecule has 5 rings (SSSR count). The van der Waals surface area contributed by atoms with Gasteiger partial charge in [-0.25, -0.2) is 9.67 Å². The molecule has 0 aromatic carbocycles. The van der Waals surface area contributed by atoms with Crippen molar-refractivity contribution in [1.29, 1.82) is 0 Å². The van der Waals surface area contributed by atoms with Gasteiger partial charge in [0.1, 0.15) is 0 Å². The average molecular weight is 534 g/mol. The molecular formula is C26H35N11O2. The largest absolute Gasteiger partial charge is 0.383 e. The van der Waals surface area contributed by atoms with Crippen molar-refractivity contribution in [1.82, 2.24) is 39.4 Å². The zero-order chi connectivity index (χ0) is 27.6. The standard InChI is InChI=1S/C26H35N11O2/c1-17-21(11-18(12-27-17)30-22(38)16-36-8-6-7-26(36,2)3)32-23-20-14-28-25(33-24(20)35(4)34-23)31-19-13-29-37(15-19)9-10-39-5/h11-15H,6-10,16H2,1-5H3,(H,30,38)(H,32,34)(H,28,31,33). The highest BCUT2D eigenvalue weighted by Crippen LogP contribution is 2.29. The zero-order valence-corrected chi connectivity index (χ0v) is 23.0. The number of ether oxygens (including phenoxy) is 1. The summed E-state index contributed by atoms with van der Waals surface area (Å²) in [6.45, 7) is 8.79. The second-order valence-corrected chi connectivity index (χ2v) is 10.4. The lowest BCUT2D eigenvalue weighted by Gasteiger charge is -2.30. The van der Waals surface area contributed by atoms with Crippen molar-refractivity contribution in [2.45, 2.75) is 45.7 Å². The van der Waals surface area contributed by atoms with Crippen LogP contribution < -0.4 is 16.0 Å². The van der Waals surface area contributed by atoms with Crippen molar-refractivity contribution in [3.63, 3.8) is 0 Å². The number of likely N-dealkylation sites (tertiary alicyclic amines) is 1. The van der Waals surface area contributed by atoms with E-state index in [1.807, 2.05) is 26.2 Å². The summed E-state index contributed by atoms with van der Waals surface area (Å²) in [5, 5.41) is 19.2. The summed E-state index contributed by atoms with van der Waals surface area (Å²) < 4.78 is 8.58. The van der Waals surface area contributed by atoms with Gasteiger partial charge in [0.25, 0.3) is 0 Å². The Balaban J connectivity index is 1.29. The number of hydrogen-bond acceptors (Lipinski definition) is 10. The van der Waals surface area contributed by atoms with E-state index in [1.165, 1.54) is 0 Å². The number of nitrogens with zero attached hydrogens (tertiary/aromatic N) is 8. The van der Waals surface area contributed by atoms with E-state index in [2.05, 4.69) is 59.8 Å². The number of amides is 1. The highest BCUT2D eigenvalue weighted by Gasteiger charge is 2.32. The van der Waals surface area contributed by atoms with Crippen molar-refractivity contribution in [3.8, 4) is 0 Å². The van der Waals surface area contributed by atoms with Gasteiger partial charge in [-0.05, 0) is 46.2 Å². The minimum atomic E-state index is -0.0532. The molecule has 1 fully saturated rings. The van der Waals surface area contributed by atoms with Gasteiger partial charge in [0.2, 0.25) is 11.9 Å². The molecule has 1 aliphatic rings. The maximum atomic E-state index is 12.7. The molecule has 0 unspecified atom stereocenters. The van der Waals surface area contributed by atoms with Gasteiger partial charge in [-0.2, -0.15) is 15.2 Å². The quantitative estimate of drug-likeness (QED) is 0.278. The summed E-state index contributed by atoms with van der Waals surface area (Å²) in [7, 11) is 3.49. The number of fused-ring (bicyclic) bond motifs is 1. The summed E-state index contributed by atoms with van der Waals surface area (Å²) >= 11 is 0. The second-order valence-electron chi connectivity index (χ2n) is 10.4. The van der Waals surface area contributed by atoms with Crippen LogP contribution in [0.5, 0.6) is 0 Å². The van der Waals surface area contributed by atoms with Gasteiger partial charge in [0, 0.05) is 32.1 Å². The van der Waals surface area contributed by atoms with Crippen LogP contribution in [-0.4, -0.2) is 77.7 Å². The number of rotatable bonds is 10. The van der Waals surface area contributed by atoms with Crippen LogP contribution in [0.3, 0.4) is 0 Å². The van der Waals surface area contributed by atoms with Gasteiger partial charge >= 0.3 is 0 Å². The summed E-state index contributed by atoms with van der Waals surface area (Å²) in [4.78, 5) is 28.6. The van der Waals surface area contributed by atoms with Crippen LogP contribution in [0.4, 0.5) is 28.8 Å². The summed E-state index contributed by atoms with van der Waals surface area (Å²) in [6, 6.07) is 1.87. The van der Waals surface area contributed by atoms with E-state index >= 15 is 0 Å². The summed E-state index contributed by atoms with van der Waals surface area (Å²) in [5.74, 6) is 0.980. The van der Waals surface area contributed by atoms with Gasteiger partial charge in [0.15, 0.2) is 11.5 Å². The summed E-state index contributed by atoms with van der Waals surface area (Å²) in [5.41, 5.74) is 3.61. The molecule has 1 aliphatic heterocycles. The summed E-state index contributed by atoms with van der Waals surface area (Å²) in [6.07, 6.45) is 9.19. The first-order chi connectivity index (χ1) is 18.7. The van der Waals surface area contributed by atoms with Crippen molar-refractivity contribution >= 4 is 45.8 Å². The first-order valence-electron chi connectivity index (χ1n) is 13.0. The van der Waals surface area contributed by atoms with Crippen LogP contribution in [-0.2, 0) is 23.1 Å². The number of aromatic nitrogens is 7. The number of carbonyl (C=O) groups is 1. The molecule has 4 aromatic heterocycles. The molecule has 13 heteroatoms. The van der Waals surface area contributed by atoms with E-state index in [4.69, 9.17) is 4.74 Å². The van der Waals surface area contributed by atoms with E-state index in [-0.39, 0.29) is 11.4 Å². The van der Waals surface area contributed by atoms with Crippen LogP contribution in [0.15, 0.2) is 30.9 Å². The van der Waals surface area contributed by atoms with Crippen LogP contribution in [0.25, 0.3) is 11.0 Å². The van der Waals surface area contributed by atoms with Gasteiger partial charge in [-0.3, -0.25) is 19.4 Å². The Hall–Kier alpha value is -4.10. The van der Waals surface area contributed by atoms with E-state index < -0.39 is 0 Å². The molecule has 13 nitrogen and oxygen atoms in total. The third kappa shape index (κ3) is 5.99. The lowest BCUT2D eigenvalue weighted by Crippen LogP contribution is -2.42. The highest BCUT2D eigenvalue weighted by atomic mass is 16.5. The first-order valence-corrected chi connectivity index (χ1v) is 13.0. The smallest absolute Gasteiger partial charge is 0.238 e. The Morgan fingerprint density at radius 3 is 2.77 bits per heavy atom. The van der Waals surface area contributed by atoms with E-state index in [9.17, 15) is 4.79 Å². The van der Waals surface area contributed by atoms with Gasteiger partial charge < -0.3 is 20.7 Å². The van der Waals surface area contributed by atoms with Crippen molar-refractivity contribution in [2.75, 3.05) is 42.8 Å². The third-order valence-corrected chi connectivity index (χ3v) is 7.03. The molecule has 0 aliphatic carbocycles. The molecule has 39 heavy (non-hydrogen) atoms. The number of pyridine rings is 1. The number of nitrogens with one attached hydrogen (secondary N) is 3. The van der Waals surface area contributed by atoms with Crippen LogP contribution in [0.1, 0.15) is 32.4 Å². The number of hydrogen-bond donors (Lipinski definition) is 3. The minimum Gasteiger partial charge on any atom is -0.383 e. The van der Waals surface area contributed by atoms with Crippen molar-refractivity contribution in [3.05, 3.63) is 36.5 Å². The maximum absolute atomic E-state index is 12.7. The van der Waals surface area contributed by atoms with E-state index in [0.717, 1.165) is 41.8 Å². The van der Waals surface area contributed by atoms with Crippen LogP contribution >= 0.6 is 0 Å². The topological polar surface area (TPSA) is 140 Å². The lowest BCUT2D eigenvalue weighted by molar-refractivity contribution is -0.118. The normalized spacial score (nSPS) is 15.1. The van der Waals surface area contributed by atoms with E-state index in [1.54, 1.807) is 35.1 Å². The fraction of sp³-hybridized carbons (Fsp3) is 0.462. The van der Waals surface area contributed by atoms with Gasteiger partial charge in [-0.1, -0.05) is 0 Å². The van der Waals surface area contributed by atoms with Crippen molar-refractivity contribution < 1.29 is 9.53 Å². The molecule has 1 amide bonds. The molecule has 4 aromatic rings. The zero-order valence-electron chi connectivity index (χ0n) is 23.0. The predicted octanol–water partition coefficient (Wildman–Crippen LogP) is 3.21. The van der Waals surface area contributed by atoms with Gasteiger partial charge in [-0.15, -0.1) is 0 Å². The van der Waals surface area contributed by atoms with Crippen LogP contribution in [0.2, 0.25) is 0 Å². The Bertz CT molecular complexity index is 1480. The SMILES string of the molecule is COCCn1cc(Nc2ncc3c(Nc4cc(NC(=O)CN5CCCC5(C)C)cnc4C)nn(C)c3n2)cn1. The number of methoxy groups -OCH3 is 1. The Morgan fingerprint density at radius 2 is 2.00 bits per heavy atom. The molecule has 3 N–H and O–H groups in total. The Kier molecular flexibility index (Phi) is 7.44. The number of aryl methyl sites for hydroxylation is 2. The highest BCUT2D eigenvalue weighted by molar-refractivity contribution is 5.93. The van der Waals surface area contributed by atoms with Crippen molar-refractivity contribution in [2.24, 2.45) is 7.05 Å². The molecule has 0 bridgehead atoms. The van der Waals surface area contributed by atoms with Crippen LogP contribution in [0, 0.1) is 6.92 Å². The molecule has 0 saturated carbocycles. The minimum absolute atomic E-state index is 0.0408. The van der Waals surface area contributed by atoms with E-state index in [0.29, 0.717) is 42.8 Å². The molecular weight excluding hydrogens is 498 g/mol. The predicted molar refractivity (Wildman–Crippen MR) is 149 cm³/mol. The second kappa shape index (κ2) is 10.9. The molecule has 5 heterocycles. The third-order valence-electron chi connectivity index (χ3n) is 7.03. The first kappa shape index (κ1) is 26.5. The molecule has 1 saturated heterocycles. The number of anilines is 5. The Morgan fingerprint density at radius 1 is 1.15 bits per heavy atom. The molecule has 0 spiro atoms. The maximum Gasteiger partial charge on any atom is 0.238 e. The Labute approximate surface area is 227 Å². The lowest BCUT2D eigenvalue weighted by atomic mass is 10.0. The number of carbonyl (C=O) groups excluding carboxylic acids is 1. The molecule has 0 radical (unpaired) electrons. The fourth-order valence-electron chi connectivity index (χ4n) is 4.74. The molecule has 206 valence electrons. The average Bonchev–Trinajstić information content (AvgIpc) is 3.57. The van der Waals surface area contributed by atoms with Gasteiger partial charge in [0.05, 0.1) is 60.2 Å². The fourth-order valence-corrected chi connectivity index (χ4v) is 4.74. The monoisotopic (exact) mass is 533 g/mol.